The summed E-state index contributed by atoms with van der Waals surface area (Å²) in [6.07, 6.45) is -0.0566. The maximum Gasteiger partial charge on any atom is 0.245 e. The Morgan fingerprint density at radius 1 is 0.895 bits per heavy atom. The van der Waals surface area contributed by atoms with Gasteiger partial charge in [0.1, 0.15) is 12.2 Å². The Labute approximate surface area is 112 Å². The fraction of sp³-hybridized carbons (Fsp3) is 0.188. The molecule has 0 unspecified atom stereocenters. The third kappa shape index (κ3) is 2.13. The Morgan fingerprint density at radius 3 is 2.00 bits per heavy atom. The Morgan fingerprint density at radius 2 is 1.42 bits per heavy atom. The third-order valence-corrected chi connectivity index (χ3v) is 3.55. The predicted molar refractivity (Wildman–Crippen MR) is 74.3 cm³/mol. The maximum absolute atomic E-state index is 12.4. The van der Waals surface area contributed by atoms with Crippen molar-refractivity contribution in [2.45, 2.75) is 12.2 Å². The molecule has 1 N–H and O–H groups in total. The minimum absolute atomic E-state index is 0.0566. The van der Waals surface area contributed by atoms with Gasteiger partial charge in [0.25, 0.3) is 0 Å². The van der Waals surface area contributed by atoms with E-state index in [1.54, 1.807) is 4.90 Å². The van der Waals surface area contributed by atoms with E-state index in [0.29, 0.717) is 0 Å². The molecule has 1 aliphatic rings. The fourth-order valence-electron chi connectivity index (χ4n) is 2.51. The predicted octanol–water partition coefficient (Wildman–Crippen LogP) is 2.49. The molecule has 0 aliphatic carbocycles. The van der Waals surface area contributed by atoms with E-state index in [1.807, 2.05) is 67.7 Å². The number of hydrogen-bond donors (Lipinski definition) is 1. The average molecular weight is 252 g/mol. The van der Waals surface area contributed by atoms with Crippen LogP contribution >= 0.6 is 0 Å². The summed E-state index contributed by atoms with van der Waals surface area (Å²) in [5, 5.41) is 3.40. The van der Waals surface area contributed by atoms with E-state index in [0.717, 1.165) is 11.1 Å². The Kier molecular flexibility index (Phi) is 3.05. The second-order valence-corrected chi connectivity index (χ2v) is 4.77. The molecule has 2 atom stereocenters. The quantitative estimate of drug-likeness (QED) is 0.890. The number of likely N-dealkylation sites (N-methyl/N-ethyl adjacent to an activating group) is 1. The van der Waals surface area contributed by atoms with Crippen LogP contribution in [0.15, 0.2) is 60.7 Å². The van der Waals surface area contributed by atoms with E-state index in [9.17, 15) is 4.79 Å². The molecule has 1 heterocycles. The molecule has 1 saturated heterocycles. The Bertz CT molecular complexity index is 568. The monoisotopic (exact) mass is 252 g/mol. The molecule has 0 bridgehead atoms. The van der Waals surface area contributed by atoms with Crippen molar-refractivity contribution in [3.63, 3.8) is 0 Å². The van der Waals surface area contributed by atoms with Crippen molar-refractivity contribution in [3.8, 4) is 0 Å². The van der Waals surface area contributed by atoms with Crippen molar-refractivity contribution < 1.29 is 4.79 Å². The highest BCUT2D eigenvalue weighted by molar-refractivity contribution is 5.85. The molecule has 3 rings (SSSR count). The molecule has 96 valence electrons. The second kappa shape index (κ2) is 4.86. The van der Waals surface area contributed by atoms with E-state index in [2.05, 4.69) is 5.32 Å². The molecular formula is C16H16N2O. The van der Waals surface area contributed by atoms with Gasteiger partial charge in [0.2, 0.25) is 5.91 Å². The zero-order valence-electron chi connectivity index (χ0n) is 10.8. The van der Waals surface area contributed by atoms with Crippen LogP contribution in [-0.2, 0) is 4.79 Å². The molecule has 3 heteroatoms. The van der Waals surface area contributed by atoms with Gasteiger partial charge in [0.05, 0.1) is 0 Å². The number of nitrogens with zero attached hydrogens (tertiary/aromatic N) is 1. The van der Waals surface area contributed by atoms with Crippen LogP contribution in [0, 0.1) is 0 Å². The van der Waals surface area contributed by atoms with Gasteiger partial charge in [0, 0.05) is 7.05 Å². The van der Waals surface area contributed by atoms with Crippen molar-refractivity contribution in [3.05, 3.63) is 71.8 Å². The van der Waals surface area contributed by atoms with Crippen molar-refractivity contribution >= 4 is 5.91 Å². The highest BCUT2D eigenvalue weighted by Crippen LogP contribution is 2.30. The van der Waals surface area contributed by atoms with Gasteiger partial charge in [0.15, 0.2) is 0 Å². The summed E-state index contributed by atoms with van der Waals surface area (Å²) in [6.45, 7) is 0. The molecule has 1 fully saturated rings. The first-order chi connectivity index (χ1) is 9.27. The van der Waals surface area contributed by atoms with Crippen molar-refractivity contribution in [1.82, 2.24) is 10.2 Å². The van der Waals surface area contributed by atoms with Gasteiger partial charge in [-0.15, -0.1) is 0 Å². The minimum atomic E-state index is -0.253. The standard InChI is InChI=1S/C16H16N2O/c1-18-15(13-10-6-3-7-11-13)17-14(16(18)19)12-8-4-2-5-9-12/h2-11,14-15,17H,1H3/t14-,15-/m0/s1. The molecule has 0 aromatic heterocycles. The summed E-state index contributed by atoms with van der Waals surface area (Å²) in [7, 11) is 1.84. The van der Waals surface area contributed by atoms with Gasteiger partial charge in [-0.2, -0.15) is 0 Å². The topological polar surface area (TPSA) is 32.3 Å². The molecule has 2 aromatic carbocycles. The summed E-state index contributed by atoms with van der Waals surface area (Å²) in [6, 6.07) is 19.6. The molecule has 0 radical (unpaired) electrons. The largest absolute Gasteiger partial charge is 0.324 e. The van der Waals surface area contributed by atoms with Gasteiger partial charge in [-0.05, 0) is 11.1 Å². The third-order valence-electron chi connectivity index (χ3n) is 3.55. The first-order valence-electron chi connectivity index (χ1n) is 6.40. The number of nitrogens with one attached hydrogen (secondary N) is 1. The lowest BCUT2D eigenvalue weighted by molar-refractivity contribution is -0.128. The number of hydrogen-bond acceptors (Lipinski definition) is 2. The molecule has 2 aromatic rings. The van der Waals surface area contributed by atoms with E-state index >= 15 is 0 Å². The summed E-state index contributed by atoms with van der Waals surface area (Å²) in [5.74, 6) is 0.111. The number of carbonyl (C=O) groups excluding carboxylic acids is 1. The van der Waals surface area contributed by atoms with Gasteiger partial charge >= 0.3 is 0 Å². The molecule has 3 nitrogen and oxygen atoms in total. The summed E-state index contributed by atoms with van der Waals surface area (Å²) >= 11 is 0. The van der Waals surface area contributed by atoms with Gasteiger partial charge < -0.3 is 4.90 Å². The Hall–Kier alpha value is -2.13. The second-order valence-electron chi connectivity index (χ2n) is 4.77. The van der Waals surface area contributed by atoms with E-state index in [1.165, 1.54) is 0 Å². The fourth-order valence-corrected chi connectivity index (χ4v) is 2.51. The van der Waals surface area contributed by atoms with Crippen molar-refractivity contribution in [2.75, 3.05) is 7.05 Å². The van der Waals surface area contributed by atoms with E-state index in [4.69, 9.17) is 0 Å². The van der Waals surface area contributed by atoms with E-state index < -0.39 is 0 Å². The zero-order valence-corrected chi connectivity index (χ0v) is 10.8. The van der Waals surface area contributed by atoms with E-state index in [-0.39, 0.29) is 18.1 Å². The number of carbonyl (C=O) groups is 1. The Balaban J connectivity index is 1.90. The van der Waals surface area contributed by atoms with Crippen LogP contribution in [-0.4, -0.2) is 17.9 Å². The van der Waals surface area contributed by atoms with Crippen molar-refractivity contribution in [1.29, 1.82) is 0 Å². The molecule has 19 heavy (non-hydrogen) atoms. The first kappa shape index (κ1) is 11.9. The van der Waals surface area contributed by atoms with Crippen LogP contribution in [0.3, 0.4) is 0 Å². The summed E-state index contributed by atoms with van der Waals surface area (Å²) in [5.41, 5.74) is 2.12. The lowest BCUT2D eigenvalue weighted by Crippen LogP contribution is -2.25. The minimum Gasteiger partial charge on any atom is -0.324 e. The molecule has 0 spiro atoms. The molecule has 0 saturated carbocycles. The van der Waals surface area contributed by atoms with Gasteiger partial charge in [-0.1, -0.05) is 60.7 Å². The summed E-state index contributed by atoms with van der Waals surface area (Å²) < 4.78 is 0. The summed E-state index contributed by atoms with van der Waals surface area (Å²) in [4.78, 5) is 14.1. The van der Waals surface area contributed by atoms with Gasteiger partial charge in [-0.25, -0.2) is 0 Å². The highest BCUT2D eigenvalue weighted by Gasteiger charge is 2.37. The lowest BCUT2D eigenvalue weighted by Gasteiger charge is -2.19. The lowest BCUT2D eigenvalue weighted by atomic mass is 10.1. The van der Waals surface area contributed by atoms with Crippen LogP contribution in [0.4, 0.5) is 0 Å². The first-order valence-corrected chi connectivity index (χ1v) is 6.40. The van der Waals surface area contributed by atoms with Gasteiger partial charge in [-0.3, -0.25) is 10.1 Å². The highest BCUT2D eigenvalue weighted by atomic mass is 16.2. The smallest absolute Gasteiger partial charge is 0.245 e. The number of benzene rings is 2. The van der Waals surface area contributed by atoms with Crippen LogP contribution < -0.4 is 5.32 Å². The number of amides is 1. The van der Waals surface area contributed by atoms with Crippen molar-refractivity contribution in [2.24, 2.45) is 0 Å². The SMILES string of the molecule is CN1C(=O)[C@H](c2ccccc2)N[C@@H]1c1ccccc1. The maximum atomic E-state index is 12.4. The average Bonchev–Trinajstić information content (AvgIpc) is 2.77. The molecular weight excluding hydrogens is 236 g/mol. The van der Waals surface area contributed by atoms with Crippen LogP contribution in [0.1, 0.15) is 23.3 Å². The normalized spacial score (nSPS) is 22.8. The zero-order chi connectivity index (χ0) is 13.2. The molecule has 1 amide bonds. The molecule has 1 aliphatic heterocycles. The van der Waals surface area contributed by atoms with Crippen LogP contribution in [0.5, 0.6) is 0 Å². The van der Waals surface area contributed by atoms with Crippen LogP contribution in [0.2, 0.25) is 0 Å². The van der Waals surface area contributed by atoms with Crippen LogP contribution in [0.25, 0.3) is 0 Å². The number of rotatable bonds is 2.